The van der Waals surface area contributed by atoms with Crippen LogP contribution in [0.2, 0.25) is 0 Å². The van der Waals surface area contributed by atoms with Gasteiger partial charge in [-0.3, -0.25) is 14.8 Å². The van der Waals surface area contributed by atoms with Gasteiger partial charge in [-0.2, -0.15) is 0 Å². The zero-order valence-corrected chi connectivity index (χ0v) is 15.8. The van der Waals surface area contributed by atoms with Crippen LogP contribution in [-0.4, -0.2) is 16.9 Å². The van der Waals surface area contributed by atoms with Crippen molar-refractivity contribution in [1.29, 1.82) is 0 Å². The zero-order chi connectivity index (χ0) is 18.6. The van der Waals surface area contributed by atoms with E-state index in [4.69, 9.17) is 5.21 Å². The van der Waals surface area contributed by atoms with Crippen LogP contribution in [0.5, 0.6) is 0 Å². The fraction of sp³-hybridized carbons (Fsp3) is 0.652. The first-order valence-corrected chi connectivity index (χ1v) is 10.6. The molecular formula is C23H29NO3. The number of rotatable bonds is 6. The molecule has 5 aliphatic rings. The molecule has 6 rings (SSSR count). The van der Waals surface area contributed by atoms with Gasteiger partial charge < -0.3 is 0 Å². The SMILES string of the molecule is O=C(NO)c1ccc([C@@H](CC(=O)C23CC4CC(CC(C4)C2)C3)C2CC2)cc1. The average Bonchev–Trinajstić information content (AvgIpc) is 3.49. The molecule has 0 unspecified atom stereocenters. The van der Waals surface area contributed by atoms with Crippen LogP contribution in [0.15, 0.2) is 24.3 Å². The van der Waals surface area contributed by atoms with E-state index in [1.165, 1.54) is 37.7 Å². The Bertz CT molecular complexity index is 714. The van der Waals surface area contributed by atoms with Crippen molar-refractivity contribution in [1.82, 2.24) is 5.48 Å². The molecule has 0 aliphatic heterocycles. The average molecular weight is 367 g/mol. The minimum atomic E-state index is -0.492. The predicted octanol–water partition coefficient (Wildman–Crippen LogP) is 4.47. The molecule has 1 aromatic rings. The minimum absolute atomic E-state index is 0.0153. The van der Waals surface area contributed by atoms with E-state index in [0.717, 1.165) is 37.0 Å². The van der Waals surface area contributed by atoms with Crippen molar-refractivity contribution in [2.45, 2.75) is 63.7 Å². The van der Waals surface area contributed by atoms with Crippen molar-refractivity contribution >= 4 is 11.7 Å². The molecule has 27 heavy (non-hydrogen) atoms. The molecule has 0 heterocycles. The first kappa shape index (κ1) is 17.4. The number of ketones is 1. The number of benzene rings is 1. The third-order valence-electron chi connectivity index (χ3n) is 7.93. The summed E-state index contributed by atoms with van der Waals surface area (Å²) in [7, 11) is 0. The lowest BCUT2D eigenvalue weighted by molar-refractivity contribution is -0.144. The van der Waals surface area contributed by atoms with Crippen LogP contribution in [0.25, 0.3) is 0 Å². The summed E-state index contributed by atoms with van der Waals surface area (Å²) in [5, 5.41) is 8.79. The molecule has 5 aliphatic carbocycles. The Hall–Kier alpha value is -1.68. The van der Waals surface area contributed by atoms with E-state index in [1.807, 2.05) is 12.1 Å². The lowest BCUT2D eigenvalue weighted by Crippen LogP contribution is -2.50. The van der Waals surface area contributed by atoms with Crippen molar-refractivity contribution in [3.8, 4) is 0 Å². The number of amides is 1. The number of Topliss-reactive ketones (excluding diaryl/α,β-unsaturated/α-hetero) is 1. The van der Waals surface area contributed by atoms with Crippen LogP contribution >= 0.6 is 0 Å². The molecule has 4 bridgehead atoms. The molecule has 0 radical (unpaired) electrons. The summed E-state index contributed by atoms with van der Waals surface area (Å²) >= 11 is 0. The van der Waals surface area contributed by atoms with Gasteiger partial charge in [0.1, 0.15) is 5.78 Å². The van der Waals surface area contributed by atoms with Gasteiger partial charge in [-0.15, -0.1) is 0 Å². The molecular weight excluding hydrogens is 338 g/mol. The van der Waals surface area contributed by atoms with E-state index < -0.39 is 5.91 Å². The molecule has 4 nitrogen and oxygen atoms in total. The summed E-state index contributed by atoms with van der Waals surface area (Å²) in [4.78, 5) is 25.1. The summed E-state index contributed by atoms with van der Waals surface area (Å²) in [6, 6.07) is 7.46. The Kier molecular flexibility index (Phi) is 4.15. The molecule has 0 aromatic heterocycles. The number of carbonyl (C=O) groups is 2. The maximum absolute atomic E-state index is 13.5. The number of hydrogen-bond donors (Lipinski definition) is 2. The third kappa shape index (κ3) is 3.12. The minimum Gasteiger partial charge on any atom is -0.299 e. The van der Waals surface area contributed by atoms with Crippen LogP contribution in [0, 0.1) is 29.1 Å². The molecule has 144 valence electrons. The highest BCUT2D eigenvalue weighted by atomic mass is 16.5. The van der Waals surface area contributed by atoms with Gasteiger partial charge in [-0.25, -0.2) is 5.48 Å². The van der Waals surface area contributed by atoms with E-state index in [-0.39, 0.29) is 11.3 Å². The largest absolute Gasteiger partial charge is 0.299 e. The van der Waals surface area contributed by atoms with Gasteiger partial charge in [0.2, 0.25) is 0 Å². The van der Waals surface area contributed by atoms with Gasteiger partial charge in [0.25, 0.3) is 5.91 Å². The van der Waals surface area contributed by atoms with E-state index in [1.54, 1.807) is 17.6 Å². The van der Waals surface area contributed by atoms with E-state index in [9.17, 15) is 9.59 Å². The number of nitrogens with one attached hydrogen (secondary N) is 1. The molecule has 2 N–H and O–H groups in total. The number of carbonyl (C=O) groups excluding carboxylic acids is 2. The number of hydrogen-bond acceptors (Lipinski definition) is 3. The fourth-order valence-electron chi connectivity index (χ4n) is 6.87. The second-order valence-electron chi connectivity index (χ2n) is 9.83. The normalized spacial score (nSPS) is 35.1. The lowest BCUT2D eigenvalue weighted by Gasteiger charge is -2.56. The number of hydroxylamine groups is 1. The molecule has 1 amide bonds. The molecule has 1 atom stereocenters. The lowest BCUT2D eigenvalue weighted by atomic mass is 9.48. The van der Waals surface area contributed by atoms with Crippen LogP contribution < -0.4 is 5.48 Å². The summed E-state index contributed by atoms with van der Waals surface area (Å²) in [5.41, 5.74) is 3.28. The predicted molar refractivity (Wildman–Crippen MR) is 101 cm³/mol. The molecule has 0 spiro atoms. The monoisotopic (exact) mass is 367 g/mol. The van der Waals surface area contributed by atoms with Crippen molar-refractivity contribution in [2.24, 2.45) is 29.1 Å². The molecule has 5 saturated carbocycles. The first-order chi connectivity index (χ1) is 13.1. The van der Waals surface area contributed by atoms with Crippen molar-refractivity contribution in [2.75, 3.05) is 0 Å². The zero-order valence-electron chi connectivity index (χ0n) is 15.8. The second-order valence-corrected chi connectivity index (χ2v) is 9.83. The topological polar surface area (TPSA) is 66.4 Å². The van der Waals surface area contributed by atoms with Crippen LogP contribution in [0.1, 0.15) is 79.6 Å². The summed E-state index contributed by atoms with van der Waals surface area (Å²) in [5.74, 6) is 3.34. The summed E-state index contributed by atoms with van der Waals surface area (Å²) in [6.45, 7) is 0. The standard InChI is InChI=1S/C23H29NO3/c25-21(23-11-14-7-15(12-23)9-16(8-14)13-23)10-20(17-1-2-17)18-3-5-19(6-4-18)22(26)24-27/h3-6,14-17,20,27H,1-2,7-13H2,(H,24,26)/t14?,15?,16?,20-,23?/m0/s1. The van der Waals surface area contributed by atoms with Crippen LogP contribution in [0.4, 0.5) is 0 Å². The Morgan fingerprint density at radius 2 is 1.56 bits per heavy atom. The van der Waals surface area contributed by atoms with Gasteiger partial charge in [0, 0.05) is 17.4 Å². The summed E-state index contributed by atoms with van der Waals surface area (Å²) in [6.07, 6.45) is 10.6. The van der Waals surface area contributed by atoms with Gasteiger partial charge >= 0.3 is 0 Å². The van der Waals surface area contributed by atoms with E-state index in [2.05, 4.69) is 0 Å². The highest BCUT2D eigenvalue weighted by Crippen LogP contribution is 2.61. The maximum atomic E-state index is 13.5. The molecule has 5 fully saturated rings. The van der Waals surface area contributed by atoms with Crippen LogP contribution in [0.3, 0.4) is 0 Å². The molecule has 4 heteroatoms. The van der Waals surface area contributed by atoms with Crippen molar-refractivity contribution < 1.29 is 14.8 Å². The summed E-state index contributed by atoms with van der Waals surface area (Å²) < 4.78 is 0. The van der Waals surface area contributed by atoms with Crippen molar-refractivity contribution in [3.05, 3.63) is 35.4 Å². The van der Waals surface area contributed by atoms with Gasteiger partial charge in [-0.05, 0) is 98.7 Å². The second kappa shape index (κ2) is 6.44. The van der Waals surface area contributed by atoms with Gasteiger partial charge in [0.15, 0.2) is 0 Å². The molecule has 0 saturated heterocycles. The fourth-order valence-corrected chi connectivity index (χ4v) is 6.87. The van der Waals surface area contributed by atoms with E-state index >= 15 is 0 Å². The molecule has 1 aromatic carbocycles. The van der Waals surface area contributed by atoms with Crippen molar-refractivity contribution in [3.63, 3.8) is 0 Å². The quantitative estimate of drug-likeness (QED) is 0.576. The van der Waals surface area contributed by atoms with Gasteiger partial charge in [-0.1, -0.05) is 12.1 Å². The Morgan fingerprint density at radius 3 is 2.04 bits per heavy atom. The Morgan fingerprint density at radius 1 is 1.00 bits per heavy atom. The highest BCUT2D eigenvalue weighted by Gasteiger charge is 2.54. The highest BCUT2D eigenvalue weighted by molar-refractivity contribution is 5.93. The Labute approximate surface area is 160 Å². The first-order valence-electron chi connectivity index (χ1n) is 10.6. The maximum Gasteiger partial charge on any atom is 0.274 e. The van der Waals surface area contributed by atoms with E-state index in [0.29, 0.717) is 23.7 Å². The Balaban J connectivity index is 1.34. The third-order valence-corrected chi connectivity index (χ3v) is 7.93. The van der Waals surface area contributed by atoms with Gasteiger partial charge in [0.05, 0.1) is 0 Å². The van der Waals surface area contributed by atoms with Crippen LogP contribution in [-0.2, 0) is 4.79 Å². The smallest absolute Gasteiger partial charge is 0.274 e.